The molecular weight excluding hydrogens is 213 g/mol. The molecule has 0 aliphatic carbocycles. The van der Waals surface area contributed by atoms with E-state index < -0.39 is 30.4 Å². The number of nitrogens with zero attached hydrogens (tertiary/aromatic N) is 2. The minimum Gasteiger partial charge on any atom is -0.332 e. The summed E-state index contributed by atoms with van der Waals surface area (Å²) in [4.78, 5) is 2.49. The molecule has 0 aliphatic heterocycles. The number of nitrogens with two attached hydrogens (primary N) is 1. The van der Waals surface area contributed by atoms with Crippen LogP contribution in [0.15, 0.2) is 4.52 Å². The van der Waals surface area contributed by atoms with Crippen LogP contribution in [0.3, 0.4) is 0 Å². The van der Waals surface area contributed by atoms with Gasteiger partial charge in [-0.3, -0.25) is 0 Å². The molecule has 0 unspecified atom stereocenters. The fourth-order valence-corrected chi connectivity index (χ4v) is 0.574. The van der Waals surface area contributed by atoms with E-state index >= 15 is 0 Å². The van der Waals surface area contributed by atoms with Crippen molar-refractivity contribution in [3.05, 3.63) is 11.7 Å². The van der Waals surface area contributed by atoms with E-state index in [1.165, 1.54) is 0 Å². The van der Waals surface area contributed by atoms with Crippen LogP contribution in [0, 0.1) is 0 Å². The SMILES string of the molecule is NCC(F)(F)c1nc(C(F)(F)F)no1. The van der Waals surface area contributed by atoms with Gasteiger partial charge in [0.05, 0.1) is 6.54 Å². The highest BCUT2D eigenvalue weighted by Crippen LogP contribution is 2.30. The first-order chi connectivity index (χ1) is 6.27. The molecule has 1 aromatic rings. The lowest BCUT2D eigenvalue weighted by molar-refractivity contribution is -0.146. The predicted octanol–water partition coefficient (Wildman–Crippen LogP) is 1.14. The molecule has 2 N–H and O–H groups in total. The summed E-state index contributed by atoms with van der Waals surface area (Å²) in [5, 5.41) is 2.36. The number of alkyl halides is 5. The Hall–Kier alpha value is -1.25. The molecule has 80 valence electrons. The third kappa shape index (κ3) is 1.97. The summed E-state index contributed by atoms with van der Waals surface area (Å²) in [6, 6.07) is 0. The van der Waals surface area contributed by atoms with Gasteiger partial charge in [0.15, 0.2) is 0 Å². The molecule has 1 rings (SSSR count). The lowest BCUT2D eigenvalue weighted by Gasteiger charge is -2.06. The van der Waals surface area contributed by atoms with Crippen molar-refractivity contribution >= 4 is 0 Å². The van der Waals surface area contributed by atoms with Gasteiger partial charge in [-0.25, -0.2) is 0 Å². The number of hydrogen-bond donors (Lipinski definition) is 1. The molecule has 9 heteroatoms. The van der Waals surface area contributed by atoms with Gasteiger partial charge in [-0.2, -0.15) is 26.9 Å². The Morgan fingerprint density at radius 2 is 1.79 bits per heavy atom. The van der Waals surface area contributed by atoms with Gasteiger partial charge >= 0.3 is 12.1 Å². The quantitative estimate of drug-likeness (QED) is 0.754. The molecule has 0 fully saturated rings. The molecule has 0 aromatic carbocycles. The Kier molecular flexibility index (Phi) is 2.44. The normalized spacial score (nSPS) is 13.3. The second-order valence-corrected chi connectivity index (χ2v) is 2.33. The van der Waals surface area contributed by atoms with E-state index in [0.29, 0.717) is 0 Å². The van der Waals surface area contributed by atoms with E-state index in [2.05, 4.69) is 20.4 Å². The van der Waals surface area contributed by atoms with Crippen molar-refractivity contribution in [1.29, 1.82) is 0 Å². The van der Waals surface area contributed by atoms with Crippen LogP contribution in [0.25, 0.3) is 0 Å². The van der Waals surface area contributed by atoms with Gasteiger partial charge in [0, 0.05) is 0 Å². The molecule has 1 heterocycles. The molecule has 1 aromatic heterocycles. The molecule has 0 saturated heterocycles. The maximum absolute atomic E-state index is 12.6. The van der Waals surface area contributed by atoms with Crippen LogP contribution in [0.2, 0.25) is 0 Å². The highest BCUT2D eigenvalue weighted by atomic mass is 19.4. The first kappa shape index (κ1) is 10.8. The summed E-state index contributed by atoms with van der Waals surface area (Å²) in [6.45, 7) is -1.20. The summed E-state index contributed by atoms with van der Waals surface area (Å²) in [5.41, 5.74) is 4.60. The van der Waals surface area contributed by atoms with Crippen LogP contribution in [-0.2, 0) is 12.1 Å². The van der Waals surface area contributed by atoms with Crippen molar-refractivity contribution in [3.63, 3.8) is 0 Å². The average Bonchev–Trinajstić information content (AvgIpc) is 2.51. The van der Waals surface area contributed by atoms with Crippen LogP contribution < -0.4 is 5.73 Å². The summed E-state index contributed by atoms with van der Waals surface area (Å²) in [7, 11) is 0. The minimum absolute atomic E-state index is 1.20. The van der Waals surface area contributed by atoms with Crippen molar-refractivity contribution in [2.45, 2.75) is 12.1 Å². The monoisotopic (exact) mass is 217 g/mol. The van der Waals surface area contributed by atoms with Crippen LogP contribution in [0.1, 0.15) is 11.7 Å². The lowest BCUT2D eigenvalue weighted by Crippen LogP contribution is -2.25. The zero-order valence-corrected chi connectivity index (χ0v) is 6.48. The molecule has 0 spiro atoms. The van der Waals surface area contributed by atoms with Crippen LogP contribution >= 0.6 is 0 Å². The van der Waals surface area contributed by atoms with Crippen molar-refractivity contribution in [2.24, 2.45) is 5.73 Å². The average molecular weight is 217 g/mol. The van der Waals surface area contributed by atoms with E-state index in [-0.39, 0.29) is 0 Å². The predicted molar refractivity (Wildman–Crippen MR) is 32.2 cm³/mol. The highest BCUT2D eigenvalue weighted by Gasteiger charge is 2.42. The molecule has 0 atom stereocenters. The van der Waals surface area contributed by atoms with Crippen molar-refractivity contribution < 1.29 is 26.5 Å². The Balaban J connectivity index is 3.00. The molecule has 0 amide bonds. The number of hydrogen-bond acceptors (Lipinski definition) is 4. The summed E-state index contributed by atoms with van der Waals surface area (Å²) >= 11 is 0. The summed E-state index contributed by atoms with van der Waals surface area (Å²) in [5.74, 6) is -6.93. The third-order valence-corrected chi connectivity index (χ3v) is 1.25. The van der Waals surface area contributed by atoms with E-state index in [1.807, 2.05) is 0 Å². The molecule has 0 radical (unpaired) electrons. The van der Waals surface area contributed by atoms with Gasteiger partial charge in [0.1, 0.15) is 0 Å². The van der Waals surface area contributed by atoms with Gasteiger partial charge in [0.25, 0.3) is 11.7 Å². The molecule has 0 bridgehead atoms. The largest absolute Gasteiger partial charge is 0.455 e. The molecule has 0 aliphatic rings. The minimum atomic E-state index is -4.91. The Morgan fingerprint density at radius 3 is 2.14 bits per heavy atom. The van der Waals surface area contributed by atoms with Gasteiger partial charge in [-0.15, -0.1) is 0 Å². The van der Waals surface area contributed by atoms with Gasteiger partial charge in [0.2, 0.25) is 0 Å². The maximum Gasteiger partial charge on any atom is 0.455 e. The first-order valence-corrected chi connectivity index (χ1v) is 3.26. The topological polar surface area (TPSA) is 64.9 Å². The van der Waals surface area contributed by atoms with Crippen molar-refractivity contribution in [3.8, 4) is 0 Å². The van der Waals surface area contributed by atoms with E-state index in [4.69, 9.17) is 0 Å². The number of halogens is 5. The van der Waals surface area contributed by atoms with E-state index in [1.54, 1.807) is 0 Å². The molecule has 14 heavy (non-hydrogen) atoms. The fourth-order valence-electron chi connectivity index (χ4n) is 0.574. The fraction of sp³-hybridized carbons (Fsp3) is 0.600. The molecule has 4 nitrogen and oxygen atoms in total. The molecule has 0 saturated carbocycles. The van der Waals surface area contributed by atoms with Crippen LogP contribution in [0.4, 0.5) is 22.0 Å². The Morgan fingerprint density at radius 1 is 1.21 bits per heavy atom. The van der Waals surface area contributed by atoms with Crippen LogP contribution in [-0.4, -0.2) is 16.7 Å². The van der Waals surface area contributed by atoms with E-state index in [0.717, 1.165) is 0 Å². The van der Waals surface area contributed by atoms with Crippen molar-refractivity contribution in [2.75, 3.05) is 6.54 Å². The smallest absolute Gasteiger partial charge is 0.332 e. The summed E-state index contributed by atoms with van der Waals surface area (Å²) in [6.07, 6.45) is -4.91. The second-order valence-electron chi connectivity index (χ2n) is 2.33. The first-order valence-electron chi connectivity index (χ1n) is 3.26. The number of rotatable bonds is 2. The van der Waals surface area contributed by atoms with Gasteiger partial charge in [-0.1, -0.05) is 5.16 Å². The zero-order chi connectivity index (χ0) is 11.0. The maximum atomic E-state index is 12.6. The van der Waals surface area contributed by atoms with Crippen molar-refractivity contribution in [1.82, 2.24) is 10.1 Å². The molecular formula is C5H4F5N3O. The summed E-state index contributed by atoms with van der Waals surface area (Å²) < 4.78 is 64.4. The Bertz CT molecular complexity index is 319. The van der Waals surface area contributed by atoms with Crippen LogP contribution in [0.5, 0.6) is 0 Å². The standard InChI is InChI=1S/C5H4F5N3O/c6-4(7,1-11)3-12-2(13-14-3)5(8,9)10/h1,11H2. The van der Waals surface area contributed by atoms with Gasteiger partial charge < -0.3 is 10.3 Å². The zero-order valence-electron chi connectivity index (χ0n) is 6.48. The Labute approximate surface area is 73.9 Å². The number of aromatic nitrogens is 2. The highest BCUT2D eigenvalue weighted by molar-refractivity contribution is 4.97. The van der Waals surface area contributed by atoms with E-state index in [9.17, 15) is 22.0 Å². The van der Waals surface area contributed by atoms with Gasteiger partial charge in [-0.05, 0) is 0 Å². The third-order valence-electron chi connectivity index (χ3n) is 1.25. The second kappa shape index (κ2) is 3.15. The lowest BCUT2D eigenvalue weighted by atomic mass is 10.3.